The van der Waals surface area contributed by atoms with E-state index in [1.165, 1.54) is 0 Å². The van der Waals surface area contributed by atoms with Gasteiger partial charge in [0.05, 0.1) is 0 Å². The second-order valence-corrected chi connectivity index (χ2v) is 8.54. The van der Waals surface area contributed by atoms with Crippen molar-refractivity contribution in [3.05, 3.63) is 0 Å². The van der Waals surface area contributed by atoms with Crippen molar-refractivity contribution < 1.29 is 14.3 Å². The van der Waals surface area contributed by atoms with Crippen LogP contribution in [0.4, 0.5) is 0 Å². The van der Waals surface area contributed by atoms with Crippen LogP contribution in [0.5, 0.6) is 0 Å². The van der Waals surface area contributed by atoms with E-state index < -0.39 is 19.8 Å². The van der Waals surface area contributed by atoms with Gasteiger partial charge in [-0.3, -0.25) is 0 Å². The predicted octanol–water partition coefficient (Wildman–Crippen LogP) is 1.27. The number of alkyl halides is 3. The van der Waals surface area contributed by atoms with Crippen LogP contribution in [0.2, 0.25) is 0 Å². The molecule has 0 rings (SSSR count). The van der Waals surface area contributed by atoms with Gasteiger partial charge in [0.25, 0.3) is 0 Å². The number of ketones is 1. The summed E-state index contributed by atoms with van der Waals surface area (Å²) in [6.45, 7) is 2.09. The predicted molar refractivity (Wildman–Crippen MR) is 57.0 cm³/mol. The van der Waals surface area contributed by atoms with Crippen molar-refractivity contribution in [2.24, 2.45) is 0 Å². The maximum atomic E-state index is 11.1. The molecule has 0 saturated carbocycles. The third kappa shape index (κ3) is 6.57. The van der Waals surface area contributed by atoms with Crippen LogP contribution in [0.1, 0.15) is 13.3 Å². The van der Waals surface area contributed by atoms with Gasteiger partial charge in [-0.1, -0.05) is 0 Å². The summed E-state index contributed by atoms with van der Waals surface area (Å²) in [6, 6.07) is 0. The Balaban J connectivity index is 3.62. The van der Waals surface area contributed by atoms with Gasteiger partial charge >= 0.3 is 80.1 Å². The van der Waals surface area contributed by atoms with E-state index in [2.05, 4.69) is 14.6 Å². The quantitative estimate of drug-likeness (QED) is 0.331. The zero-order valence-electron chi connectivity index (χ0n) is 7.72. The molecule has 0 amide bonds. The third-order valence-corrected chi connectivity index (χ3v) is 3.44. The molecule has 0 fully saturated rings. The van der Waals surface area contributed by atoms with Gasteiger partial charge in [-0.2, -0.15) is 0 Å². The first-order chi connectivity index (χ1) is 5.56. The Morgan fingerprint density at radius 3 is 2.33 bits per heavy atom. The summed E-state index contributed by atoms with van der Waals surface area (Å²) in [5.74, 6) is -0.358. The monoisotopic (exact) mass is 286 g/mol. The standard InChI is InChI=1S/C8H15IO3/c1-4-12-8(11)5-7(10)6-9(2)3/h4-6H2,1-3H3. The Hall–Kier alpha value is -0.130. The molecule has 0 N–H and O–H groups in total. The minimum atomic E-state index is -1.02. The van der Waals surface area contributed by atoms with Crippen molar-refractivity contribution in [1.29, 1.82) is 0 Å². The van der Waals surface area contributed by atoms with Crippen molar-refractivity contribution in [3.8, 4) is 0 Å². The van der Waals surface area contributed by atoms with E-state index in [-0.39, 0.29) is 18.2 Å². The first-order valence-corrected chi connectivity index (χ1v) is 9.53. The summed E-state index contributed by atoms with van der Waals surface area (Å²) in [6.07, 6.45) is -0.0382. The molecule has 0 spiro atoms. The van der Waals surface area contributed by atoms with E-state index in [1.807, 2.05) is 0 Å². The number of carbonyl (C=O) groups is 2. The van der Waals surface area contributed by atoms with Crippen LogP contribution in [0.25, 0.3) is 0 Å². The molecule has 0 heterocycles. The number of hydrogen-bond acceptors (Lipinski definition) is 3. The summed E-state index contributed by atoms with van der Waals surface area (Å²) >= 11 is -1.02. The molecule has 0 aromatic carbocycles. The van der Waals surface area contributed by atoms with E-state index >= 15 is 0 Å². The zero-order valence-corrected chi connectivity index (χ0v) is 9.88. The van der Waals surface area contributed by atoms with Gasteiger partial charge in [-0.05, 0) is 0 Å². The molecule has 0 atom stereocenters. The molecule has 0 aromatic rings. The first kappa shape index (κ1) is 11.9. The molecule has 0 bridgehead atoms. The molecule has 72 valence electrons. The molecular formula is C8H15IO3. The molecule has 4 heteroatoms. The average Bonchev–Trinajstić information content (AvgIpc) is 1.84. The molecule has 0 saturated heterocycles. The summed E-state index contributed by atoms with van der Waals surface area (Å²) in [4.78, 5) is 26.1. The average molecular weight is 286 g/mol. The number of hydrogen-bond donors (Lipinski definition) is 0. The number of ether oxygens (including phenoxy) is 1. The third-order valence-electron chi connectivity index (χ3n) is 1.06. The topological polar surface area (TPSA) is 43.4 Å². The van der Waals surface area contributed by atoms with Crippen molar-refractivity contribution in [2.75, 3.05) is 20.9 Å². The molecule has 12 heavy (non-hydrogen) atoms. The number of esters is 1. The summed E-state index contributed by atoms with van der Waals surface area (Å²) in [5.41, 5.74) is 0. The Morgan fingerprint density at radius 1 is 1.33 bits per heavy atom. The first-order valence-electron chi connectivity index (χ1n) is 3.69. The van der Waals surface area contributed by atoms with Gasteiger partial charge < -0.3 is 0 Å². The summed E-state index contributed by atoms with van der Waals surface area (Å²) in [5, 5.41) is 0. The van der Waals surface area contributed by atoms with Gasteiger partial charge in [-0.25, -0.2) is 0 Å². The molecule has 3 nitrogen and oxygen atoms in total. The Labute approximate surface area is 80.2 Å². The molecule has 0 aromatic heterocycles. The fraction of sp³-hybridized carbons (Fsp3) is 0.750. The molecule has 0 unspecified atom stereocenters. The van der Waals surface area contributed by atoms with Crippen LogP contribution < -0.4 is 0 Å². The molecular weight excluding hydrogens is 271 g/mol. The second kappa shape index (κ2) is 6.39. The van der Waals surface area contributed by atoms with E-state index in [0.29, 0.717) is 11.0 Å². The second-order valence-electron chi connectivity index (χ2n) is 2.57. The van der Waals surface area contributed by atoms with Gasteiger partial charge in [0.15, 0.2) is 0 Å². The van der Waals surface area contributed by atoms with E-state index in [4.69, 9.17) is 0 Å². The fourth-order valence-corrected chi connectivity index (χ4v) is 2.69. The number of halogens is 1. The molecule has 0 radical (unpaired) electrons. The van der Waals surface area contributed by atoms with Gasteiger partial charge in [0.1, 0.15) is 0 Å². The van der Waals surface area contributed by atoms with Crippen LogP contribution in [-0.2, 0) is 14.3 Å². The van der Waals surface area contributed by atoms with Gasteiger partial charge in [0.2, 0.25) is 0 Å². The van der Waals surface area contributed by atoms with Gasteiger partial charge in [-0.15, -0.1) is 0 Å². The summed E-state index contributed by atoms with van der Waals surface area (Å²) in [7, 11) is 0. The van der Waals surface area contributed by atoms with E-state index in [9.17, 15) is 9.59 Å². The molecule has 0 aliphatic heterocycles. The van der Waals surface area contributed by atoms with Crippen molar-refractivity contribution in [1.82, 2.24) is 0 Å². The Morgan fingerprint density at radius 2 is 1.92 bits per heavy atom. The van der Waals surface area contributed by atoms with Crippen LogP contribution in [-0.4, -0.2) is 32.6 Å². The molecule has 0 aliphatic carbocycles. The van der Waals surface area contributed by atoms with Crippen LogP contribution in [0.15, 0.2) is 0 Å². The molecule has 0 aliphatic rings. The van der Waals surface area contributed by atoms with Crippen LogP contribution >= 0.6 is 19.8 Å². The van der Waals surface area contributed by atoms with Crippen molar-refractivity contribution in [2.45, 2.75) is 13.3 Å². The number of rotatable bonds is 5. The number of Topliss-reactive ketones (excluding diaryl/α,β-unsaturated/α-hetero) is 1. The van der Waals surface area contributed by atoms with Crippen molar-refractivity contribution >= 4 is 31.6 Å². The minimum absolute atomic E-state index is 0.0312. The Bertz CT molecular complexity index is 166. The Kier molecular flexibility index (Phi) is 6.32. The SMILES string of the molecule is CCOC(=O)CC(=O)CI(C)C. The van der Waals surface area contributed by atoms with E-state index in [0.717, 1.165) is 0 Å². The van der Waals surface area contributed by atoms with Crippen LogP contribution in [0, 0.1) is 0 Å². The maximum absolute atomic E-state index is 11.1. The van der Waals surface area contributed by atoms with Gasteiger partial charge in [0, 0.05) is 0 Å². The van der Waals surface area contributed by atoms with Crippen LogP contribution in [0.3, 0.4) is 0 Å². The van der Waals surface area contributed by atoms with Crippen molar-refractivity contribution in [3.63, 3.8) is 0 Å². The normalized spacial score (nSPS) is 10.8. The zero-order chi connectivity index (χ0) is 9.56. The summed E-state index contributed by atoms with van der Waals surface area (Å²) < 4.78 is 5.27. The van der Waals surface area contributed by atoms with E-state index in [1.54, 1.807) is 6.92 Å². The fourth-order valence-electron chi connectivity index (χ4n) is 0.718. The number of carbonyl (C=O) groups excluding carboxylic acids is 2.